The minimum absolute atomic E-state index is 0.00716. The average Bonchev–Trinajstić information content (AvgIpc) is 3.17. The third kappa shape index (κ3) is 2.27. The highest BCUT2D eigenvalue weighted by Gasteiger charge is 2.65. The molecule has 1 heterocycles. The zero-order valence-corrected chi connectivity index (χ0v) is 17.8. The first-order valence-electron chi connectivity index (χ1n) is 10.7. The number of piperidine rings is 1. The van der Waals surface area contributed by atoms with E-state index in [4.69, 9.17) is 5.73 Å². The van der Waals surface area contributed by atoms with Crippen molar-refractivity contribution in [2.75, 3.05) is 18.8 Å². The summed E-state index contributed by atoms with van der Waals surface area (Å²) >= 11 is 0. The first-order chi connectivity index (χ1) is 13.2. The predicted octanol–water partition coefficient (Wildman–Crippen LogP) is 3.23. The van der Waals surface area contributed by atoms with Gasteiger partial charge in [0.2, 0.25) is 0 Å². The summed E-state index contributed by atoms with van der Waals surface area (Å²) in [7, 11) is -3.41. The van der Waals surface area contributed by atoms with Crippen molar-refractivity contribution in [2.24, 2.45) is 22.5 Å². The molecule has 0 radical (unpaired) electrons. The summed E-state index contributed by atoms with van der Waals surface area (Å²) in [5.74, 6) is 0.764. The van der Waals surface area contributed by atoms with Crippen LogP contribution in [0.3, 0.4) is 0 Å². The van der Waals surface area contributed by atoms with Gasteiger partial charge in [-0.1, -0.05) is 38.1 Å². The number of sulfone groups is 1. The van der Waals surface area contributed by atoms with Gasteiger partial charge in [0.25, 0.3) is 0 Å². The summed E-state index contributed by atoms with van der Waals surface area (Å²) in [6.45, 7) is 6.23. The van der Waals surface area contributed by atoms with E-state index in [9.17, 15) is 8.42 Å². The summed E-state index contributed by atoms with van der Waals surface area (Å²) in [5, 5.41) is 3.42. The maximum atomic E-state index is 14.0. The van der Waals surface area contributed by atoms with Crippen LogP contribution in [0.2, 0.25) is 0 Å². The first-order valence-corrected chi connectivity index (χ1v) is 12.4. The fourth-order valence-corrected chi connectivity index (χ4v) is 9.92. The van der Waals surface area contributed by atoms with Crippen molar-refractivity contribution in [1.29, 1.82) is 0 Å². The largest absolute Gasteiger partial charge is 0.327 e. The molecular formula is C23H32N2O2S. The van der Waals surface area contributed by atoms with Crippen LogP contribution in [0.25, 0.3) is 6.08 Å². The zero-order valence-electron chi connectivity index (χ0n) is 17.0. The summed E-state index contributed by atoms with van der Waals surface area (Å²) in [5.41, 5.74) is 8.22. The second-order valence-corrected chi connectivity index (χ2v) is 12.1. The molecule has 3 fully saturated rings. The molecule has 3 aliphatic carbocycles. The summed E-state index contributed by atoms with van der Waals surface area (Å²) in [6.07, 6.45) is 6.70. The van der Waals surface area contributed by atoms with E-state index < -0.39 is 9.84 Å². The molecule has 28 heavy (non-hydrogen) atoms. The molecule has 4 nitrogen and oxygen atoms in total. The second-order valence-electron chi connectivity index (χ2n) is 10.1. The molecule has 1 spiro atoms. The lowest BCUT2D eigenvalue weighted by Gasteiger charge is -2.43. The summed E-state index contributed by atoms with van der Waals surface area (Å²) in [4.78, 5) is 0.662. The van der Waals surface area contributed by atoms with Crippen molar-refractivity contribution < 1.29 is 8.42 Å². The normalized spacial score (nSPS) is 35.2. The molecule has 0 aromatic heterocycles. The molecule has 1 aliphatic heterocycles. The van der Waals surface area contributed by atoms with Gasteiger partial charge in [-0.05, 0) is 73.7 Å². The SMILES string of the molecule is CC1(C)C2CCC1(CS(=O)(=O)C1=Cc3ccccc3C13CCNCC3)C(N)C2. The Morgan fingerprint density at radius 1 is 1.14 bits per heavy atom. The molecule has 0 amide bonds. The van der Waals surface area contributed by atoms with Gasteiger partial charge < -0.3 is 11.1 Å². The van der Waals surface area contributed by atoms with Crippen LogP contribution < -0.4 is 11.1 Å². The fourth-order valence-electron chi connectivity index (χ4n) is 7.14. The van der Waals surface area contributed by atoms with Gasteiger partial charge in [0.15, 0.2) is 9.84 Å². The van der Waals surface area contributed by atoms with E-state index in [0.717, 1.165) is 50.8 Å². The molecule has 1 aromatic carbocycles. The minimum atomic E-state index is -3.41. The van der Waals surface area contributed by atoms with E-state index in [1.165, 1.54) is 5.56 Å². The van der Waals surface area contributed by atoms with Crippen LogP contribution in [0.1, 0.15) is 57.1 Å². The summed E-state index contributed by atoms with van der Waals surface area (Å²) in [6, 6.07) is 8.24. The number of hydrogen-bond donors (Lipinski definition) is 2. The smallest absolute Gasteiger partial charge is 0.176 e. The fraction of sp³-hybridized carbons (Fsp3) is 0.652. The van der Waals surface area contributed by atoms with Crippen LogP contribution in [0.4, 0.5) is 0 Å². The van der Waals surface area contributed by atoms with Gasteiger partial charge in [-0.2, -0.15) is 0 Å². The van der Waals surface area contributed by atoms with Crippen LogP contribution in [-0.4, -0.2) is 33.3 Å². The van der Waals surface area contributed by atoms with Crippen molar-refractivity contribution in [3.63, 3.8) is 0 Å². The van der Waals surface area contributed by atoms with E-state index in [1.807, 2.05) is 18.2 Å². The highest BCUT2D eigenvalue weighted by molar-refractivity contribution is 7.95. The van der Waals surface area contributed by atoms with E-state index in [2.05, 4.69) is 31.3 Å². The number of nitrogens with two attached hydrogens (primary N) is 1. The van der Waals surface area contributed by atoms with Crippen molar-refractivity contribution in [3.05, 3.63) is 40.3 Å². The number of allylic oxidation sites excluding steroid dienone is 1. The van der Waals surface area contributed by atoms with Crippen molar-refractivity contribution in [1.82, 2.24) is 5.32 Å². The van der Waals surface area contributed by atoms with Gasteiger partial charge in [0.05, 0.1) is 10.7 Å². The van der Waals surface area contributed by atoms with Crippen molar-refractivity contribution in [3.8, 4) is 0 Å². The molecule has 2 bridgehead atoms. The van der Waals surface area contributed by atoms with Crippen LogP contribution in [-0.2, 0) is 15.3 Å². The Morgan fingerprint density at radius 3 is 2.50 bits per heavy atom. The molecule has 152 valence electrons. The first kappa shape index (κ1) is 18.8. The zero-order chi connectivity index (χ0) is 19.8. The Morgan fingerprint density at radius 2 is 1.86 bits per heavy atom. The highest BCUT2D eigenvalue weighted by atomic mass is 32.2. The Balaban J connectivity index is 1.58. The predicted molar refractivity (Wildman–Crippen MR) is 114 cm³/mol. The van der Waals surface area contributed by atoms with Gasteiger partial charge in [0, 0.05) is 16.9 Å². The van der Waals surface area contributed by atoms with E-state index in [1.54, 1.807) is 0 Å². The third-order valence-electron chi connectivity index (χ3n) is 8.97. The van der Waals surface area contributed by atoms with Crippen LogP contribution in [0, 0.1) is 16.7 Å². The highest BCUT2D eigenvalue weighted by Crippen LogP contribution is 2.66. The van der Waals surface area contributed by atoms with Gasteiger partial charge in [-0.15, -0.1) is 0 Å². The van der Waals surface area contributed by atoms with Crippen molar-refractivity contribution in [2.45, 2.75) is 57.4 Å². The maximum absolute atomic E-state index is 14.0. The molecule has 4 aliphatic rings. The van der Waals surface area contributed by atoms with Crippen LogP contribution >= 0.6 is 0 Å². The average molecular weight is 401 g/mol. The Kier molecular flexibility index (Phi) is 3.99. The van der Waals surface area contributed by atoms with E-state index >= 15 is 0 Å². The standard InChI is InChI=1S/C23H32N2O2S/c1-21(2)17-7-8-23(21,19(24)14-17)15-28(26,27)20-13-16-5-3-4-6-18(16)22(20)9-11-25-12-10-22/h3-6,13,17,19,25H,7-12,14-15,24H2,1-2H3. The number of benzene rings is 1. The molecule has 3 N–H and O–H groups in total. The Bertz CT molecular complexity index is 943. The number of fused-ring (bicyclic) bond motifs is 4. The van der Waals surface area contributed by atoms with Crippen LogP contribution in [0.15, 0.2) is 29.2 Å². The lowest BCUT2D eigenvalue weighted by molar-refractivity contribution is 0.139. The second kappa shape index (κ2) is 5.93. The quantitative estimate of drug-likeness (QED) is 0.817. The van der Waals surface area contributed by atoms with E-state index in [-0.39, 0.29) is 28.0 Å². The van der Waals surface area contributed by atoms with E-state index in [0.29, 0.717) is 10.8 Å². The minimum Gasteiger partial charge on any atom is -0.327 e. The topological polar surface area (TPSA) is 72.2 Å². The van der Waals surface area contributed by atoms with Gasteiger partial charge in [-0.3, -0.25) is 0 Å². The Hall–Kier alpha value is -1.17. The molecule has 3 unspecified atom stereocenters. The van der Waals surface area contributed by atoms with Gasteiger partial charge in [-0.25, -0.2) is 8.42 Å². The molecular weight excluding hydrogens is 368 g/mol. The molecule has 1 aromatic rings. The molecule has 3 atom stereocenters. The molecule has 1 saturated heterocycles. The molecule has 5 heteroatoms. The number of rotatable bonds is 3. The lowest BCUT2D eigenvalue weighted by Crippen LogP contribution is -2.50. The third-order valence-corrected chi connectivity index (χ3v) is 11.0. The van der Waals surface area contributed by atoms with Gasteiger partial charge >= 0.3 is 0 Å². The van der Waals surface area contributed by atoms with Gasteiger partial charge in [0.1, 0.15) is 0 Å². The number of hydrogen-bond acceptors (Lipinski definition) is 4. The van der Waals surface area contributed by atoms with Crippen molar-refractivity contribution >= 4 is 15.9 Å². The number of nitrogens with one attached hydrogen (secondary N) is 1. The monoisotopic (exact) mass is 400 g/mol. The maximum Gasteiger partial charge on any atom is 0.176 e. The molecule has 5 rings (SSSR count). The lowest BCUT2D eigenvalue weighted by atomic mass is 9.69. The van der Waals surface area contributed by atoms with Crippen LogP contribution in [0.5, 0.6) is 0 Å². The Labute approximate surface area is 168 Å². The summed E-state index contributed by atoms with van der Waals surface area (Å²) < 4.78 is 28.0. The molecule has 2 saturated carbocycles.